The quantitative estimate of drug-likeness (QED) is 0.712. The van der Waals surface area contributed by atoms with Crippen LogP contribution in [0.25, 0.3) is 0 Å². The Morgan fingerprint density at radius 1 is 1.28 bits per heavy atom. The van der Waals surface area contributed by atoms with Crippen molar-refractivity contribution in [1.82, 2.24) is 0 Å². The zero-order valence-electron chi connectivity index (χ0n) is 11.9. The highest BCUT2D eigenvalue weighted by molar-refractivity contribution is 5.72. The first-order valence-electron chi connectivity index (χ1n) is 6.71. The lowest BCUT2D eigenvalue weighted by atomic mass is 10.0. The van der Waals surface area contributed by atoms with Gasteiger partial charge in [-0.3, -0.25) is 4.79 Å². The van der Waals surface area contributed by atoms with Crippen LogP contribution in [0.2, 0.25) is 0 Å². The molecule has 0 aliphatic heterocycles. The van der Waals surface area contributed by atoms with Gasteiger partial charge in [0.1, 0.15) is 5.60 Å². The van der Waals surface area contributed by atoms with Crippen LogP contribution in [0.1, 0.15) is 46.1 Å². The predicted octanol–water partition coefficient (Wildman–Crippen LogP) is 3.99. The largest absolute Gasteiger partial charge is 0.459 e. The highest BCUT2D eigenvalue weighted by Gasteiger charge is 2.23. The number of benzene rings is 1. The van der Waals surface area contributed by atoms with Gasteiger partial charge >= 0.3 is 5.97 Å². The molecule has 0 bridgehead atoms. The summed E-state index contributed by atoms with van der Waals surface area (Å²) in [6.45, 7) is 7.88. The number of carbonyl (C=O) groups excluding carboxylic acids is 1. The highest BCUT2D eigenvalue weighted by atomic mass is 16.6. The van der Waals surface area contributed by atoms with Gasteiger partial charge in [0.15, 0.2) is 0 Å². The number of aryl methyl sites for hydroxylation is 1. The molecule has 0 amide bonds. The summed E-state index contributed by atoms with van der Waals surface area (Å²) in [6.07, 6.45) is 2.59. The maximum absolute atomic E-state index is 11.9. The Balaban J connectivity index is 2.41. The van der Waals surface area contributed by atoms with E-state index in [1.807, 2.05) is 45.9 Å². The molecule has 0 aliphatic carbocycles. The molecule has 2 heteroatoms. The van der Waals surface area contributed by atoms with E-state index < -0.39 is 0 Å². The third kappa shape index (κ3) is 4.91. The normalized spacial score (nSPS) is 13.1. The summed E-state index contributed by atoms with van der Waals surface area (Å²) in [5.74, 6) is -0.131. The molecule has 1 aromatic carbocycles. The second-order valence-electron chi connectivity index (χ2n) is 5.46. The average Bonchev–Trinajstić information content (AvgIpc) is 2.36. The van der Waals surface area contributed by atoms with Crippen molar-refractivity contribution in [2.24, 2.45) is 5.92 Å². The lowest BCUT2D eigenvalue weighted by molar-refractivity contribution is -0.161. The maximum atomic E-state index is 11.9. The van der Waals surface area contributed by atoms with E-state index in [1.165, 1.54) is 5.56 Å². The smallest absolute Gasteiger partial charge is 0.309 e. The molecule has 0 radical (unpaired) electrons. The predicted molar refractivity (Wildman–Crippen MR) is 74.4 cm³/mol. The van der Waals surface area contributed by atoms with Crippen molar-refractivity contribution in [3.05, 3.63) is 35.9 Å². The first-order chi connectivity index (χ1) is 8.44. The van der Waals surface area contributed by atoms with E-state index in [-0.39, 0.29) is 17.5 Å². The Hall–Kier alpha value is -1.31. The molecule has 1 atom stereocenters. The average molecular weight is 248 g/mol. The molecule has 100 valence electrons. The molecule has 1 unspecified atom stereocenters. The van der Waals surface area contributed by atoms with Crippen molar-refractivity contribution in [2.75, 3.05) is 0 Å². The molecule has 0 fully saturated rings. The van der Waals surface area contributed by atoms with E-state index in [0.717, 1.165) is 19.3 Å². The molecular weight excluding hydrogens is 224 g/mol. The summed E-state index contributed by atoms with van der Waals surface area (Å²) >= 11 is 0. The number of hydrogen-bond donors (Lipinski definition) is 0. The molecule has 2 nitrogen and oxygen atoms in total. The lowest BCUT2D eigenvalue weighted by Gasteiger charge is -2.25. The lowest BCUT2D eigenvalue weighted by Crippen LogP contribution is -2.30. The van der Waals surface area contributed by atoms with Crippen molar-refractivity contribution in [3.8, 4) is 0 Å². The summed E-state index contributed by atoms with van der Waals surface area (Å²) in [7, 11) is 0. The second kappa shape index (κ2) is 6.58. The first-order valence-corrected chi connectivity index (χ1v) is 6.71. The molecule has 0 saturated heterocycles. The van der Waals surface area contributed by atoms with Crippen molar-refractivity contribution in [1.29, 1.82) is 0 Å². The van der Waals surface area contributed by atoms with E-state index in [2.05, 4.69) is 12.1 Å². The van der Waals surface area contributed by atoms with E-state index >= 15 is 0 Å². The second-order valence-corrected chi connectivity index (χ2v) is 5.46. The van der Waals surface area contributed by atoms with Gasteiger partial charge in [0.25, 0.3) is 0 Å². The molecule has 18 heavy (non-hydrogen) atoms. The molecule has 0 aromatic heterocycles. The maximum Gasteiger partial charge on any atom is 0.309 e. The van der Waals surface area contributed by atoms with Crippen LogP contribution in [0, 0.1) is 5.92 Å². The summed E-state index contributed by atoms with van der Waals surface area (Å²) in [5, 5.41) is 0. The summed E-state index contributed by atoms with van der Waals surface area (Å²) in [4.78, 5) is 11.9. The van der Waals surface area contributed by atoms with Gasteiger partial charge in [0, 0.05) is 0 Å². The third-order valence-corrected chi connectivity index (χ3v) is 3.34. The fourth-order valence-electron chi connectivity index (χ4n) is 1.59. The Morgan fingerprint density at radius 2 is 1.89 bits per heavy atom. The molecule has 1 rings (SSSR count). The minimum Gasteiger partial charge on any atom is -0.459 e. The Labute approximate surface area is 110 Å². The summed E-state index contributed by atoms with van der Waals surface area (Å²) < 4.78 is 5.50. The van der Waals surface area contributed by atoms with Crippen LogP contribution in [-0.4, -0.2) is 11.6 Å². The third-order valence-electron chi connectivity index (χ3n) is 3.34. The molecule has 0 saturated carbocycles. The number of esters is 1. The zero-order chi connectivity index (χ0) is 13.6. The molecule has 0 N–H and O–H groups in total. The number of hydrogen-bond acceptors (Lipinski definition) is 2. The van der Waals surface area contributed by atoms with Gasteiger partial charge in [-0.25, -0.2) is 0 Å². The van der Waals surface area contributed by atoms with Gasteiger partial charge < -0.3 is 4.74 Å². The highest BCUT2D eigenvalue weighted by Crippen LogP contribution is 2.18. The van der Waals surface area contributed by atoms with Crippen LogP contribution in [0.3, 0.4) is 0 Å². The van der Waals surface area contributed by atoms with E-state index in [0.29, 0.717) is 0 Å². The van der Waals surface area contributed by atoms with Crippen LogP contribution in [-0.2, 0) is 16.0 Å². The van der Waals surface area contributed by atoms with Gasteiger partial charge in [-0.15, -0.1) is 0 Å². The van der Waals surface area contributed by atoms with Gasteiger partial charge in [-0.2, -0.15) is 0 Å². The van der Waals surface area contributed by atoms with Crippen LogP contribution in [0.5, 0.6) is 0 Å². The molecule has 0 spiro atoms. The first kappa shape index (κ1) is 14.7. The van der Waals surface area contributed by atoms with Crippen molar-refractivity contribution >= 4 is 5.97 Å². The summed E-state index contributed by atoms with van der Waals surface area (Å²) in [6, 6.07) is 10.2. The number of carbonyl (C=O) groups is 1. The fraction of sp³-hybridized carbons (Fsp3) is 0.562. The zero-order valence-corrected chi connectivity index (χ0v) is 11.9. The topological polar surface area (TPSA) is 26.3 Å². The molecular formula is C16H24O2. The Morgan fingerprint density at radius 3 is 2.44 bits per heavy atom. The van der Waals surface area contributed by atoms with Crippen molar-refractivity contribution in [2.45, 2.75) is 52.6 Å². The van der Waals surface area contributed by atoms with Gasteiger partial charge in [-0.1, -0.05) is 44.2 Å². The van der Waals surface area contributed by atoms with Crippen LogP contribution < -0.4 is 0 Å². The minimum atomic E-state index is -0.349. The molecule has 0 aliphatic rings. The Kier molecular flexibility index (Phi) is 5.39. The van der Waals surface area contributed by atoms with Gasteiger partial charge in [0.2, 0.25) is 0 Å². The van der Waals surface area contributed by atoms with Crippen molar-refractivity contribution < 1.29 is 9.53 Å². The molecule has 1 aromatic rings. The van der Waals surface area contributed by atoms with Crippen LogP contribution in [0.4, 0.5) is 0 Å². The Bertz CT molecular complexity index is 368. The van der Waals surface area contributed by atoms with E-state index in [4.69, 9.17) is 4.74 Å². The SMILES string of the molecule is CCC(C)(C)OC(=O)C(C)CCc1ccccc1. The van der Waals surface area contributed by atoms with Gasteiger partial charge in [0.05, 0.1) is 5.92 Å². The van der Waals surface area contributed by atoms with E-state index in [9.17, 15) is 4.79 Å². The standard InChI is InChI=1S/C16H24O2/c1-5-16(3,4)18-15(17)13(2)11-12-14-9-7-6-8-10-14/h6-10,13H,5,11-12H2,1-4H3. The fourth-order valence-corrected chi connectivity index (χ4v) is 1.59. The monoisotopic (exact) mass is 248 g/mol. The minimum absolute atomic E-state index is 0.0453. The summed E-state index contributed by atoms with van der Waals surface area (Å²) in [5.41, 5.74) is 0.921. The van der Waals surface area contributed by atoms with Gasteiger partial charge in [-0.05, 0) is 38.7 Å². The number of ether oxygens (including phenoxy) is 1. The van der Waals surface area contributed by atoms with E-state index in [1.54, 1.807) is 0 Å². The van der Waals surface area contributed by atoms with Crippen molar-refractivity contribution in [3.63, 3.8) is 0 Å². The van der Waals surface area contributed by atoms with Crippen LogP contribution >= 0.6 is 0 Å². The molecule has 0 heterocycles. The van der Waals surface area contributed by atoms with Crippen LogP contribution in [0.15, 0.2) is 30.3 Å². The number of rotatable bonds is 6.